The van der Waals surface area contributed by atoms with E-state index >= 15 is 0 Å². The van der Waals surface area contributed by atoms with Crippen molar-refractivity contribution < 1.29 is 22.0 Å². The molecule has 0 atom stereocenters. The van der Waals surface area contributed by atoms with Gasteiger partial charge in [0.1, 0.15) is 11.6 Å². The second kappa shape index (κ2) is 10.6. The Labute approximate surface area is 192 Å². The number of hydrogen-bond acceptors (Lipinski definition) is 4. The average Bonchev–Trinajstić information content (AvgIpc) is 3.17. The molecule has 2 aromatic rings. The van der Waals surface area contributed by atoms with E-state index in [1.54, 1.807) is 11.9 Å². The predicted molar refractivity (Wildman–Crippen MR) is 118 cm³/mol. The fourth-order valence-electron chi connectivity index (χ4n) is 3.06. The number of halogens is 6. The molecular weight excluding hydrogens is 540 g/mol. The zero-order valence-corrected chi connectivity index (χ0v) is 19.2. The Bertz CT molecular complexity index is 865. The van der Waals surface area contributed by atoms with Crippen LogP contribution in [0.5, 0.6) is 0 Å². The summed E-state index contributed by atoms with van der Waals surface area (Å²) in [5.74, 6) is -0.349. The Morgan fingerprint density at radius 2 is 1.90 bits per heavy atom. The molecule has 0 spiro atoms. The number of rotatable bonds is 4. The maximum Gasteiger partial charge on any atom is 0.434 e. The maximum absolute atomic E-state index is 13.9. The number of nitrogens with one attached hydrogen (secondary N) is 1. The van der Waals surface area contributed by atoms with Gasteiger partial charge in [0.05, 0.1) is 10.7 Å². The second-order valence-electron chi connectivity index (χ2n) is 6.42. The van der Waals surface area contributed by atoms with Gasteiger partial charge in [-0.1, -0.05) is 0 Å². The topological polar surface area (TPSA) is 43.8 Å². The summed E-state index contributed by atoms with van der Waals surface area (Å²) in [6, 6.07) is 3.38. The second-order valence-corrected chi connectivity index (χ2v) is 7.36. The van der Waals surface area contributed by atoms with Crippen LogP contribution in [0.25, 0.3) is 0 Å². The van der Waals surface area contributed by atoms with E-state index in [1.165, 1.54) is 6.07 Å². The van der Waals surface area contributed by atoms with Gasteiger partial charge < -0.3 is 15.1 Å². The Morgan fingerprint density at radius 1 is 1.20 bits per heavy atom. The van der Waals surface area contributed by atoms with E-state index < -0.39 is 23.5 Å². The summed E-state index contributed by atoms with van der Waals surface area (Å²) in [7, 11) is 1.62. The van der Waals surface area contributed by atoms with E-state index in [0.717, 1.165) is 28.8 Å². The van der Waals surface area contributed by atoms with Crippen molar-refractivity contribution in [3.63, 3.8) is 0 Å². The summed E-state index contributed by atoms with van der Waals surface area (Å²) in [6.45, 7) is 2.46. The first-order chi connectivity index (χ1) is 13.8. The van der Waals surface area contributed by atoms with Gasteiger partial charge in [-0.2, -0.15) is 13.2 Å². The minimum Gasteiger partial charge on any atom is -0.366 e. The number of aromatic nitrogens is 1. The van der Waals surface area contributed by atoms with Crippen LogP contribution >= 0.6 is 35.3 Å². The van der Waals surface area contributed by atoms with Crippen LogP contribution in [0.15, 0.2) is 28.6 Å². The SMILES string of the molecule is CN=C(NCCc1nc(C(F)(F)F)cs1)N1CCN(c2cc(F)ccc2F)CC1.I. The van der Waals surface area contributed by atoms with Crippen LogP contribution in [0.4, 0.5) is 27.6 Å². The number of aliphatic imine (C=N–C) groups is 1. The molecule has 2 heterocycles. The lowest BCUT2D eigenvalue weighted by atomic mass is 10.2. The van der Waals surface area contributed by atoms with Crippen molar-refractivity contribution in [1.82, 2.24) is 15.2 Å². The number of hydrogen-bond donors (Lipinski definition) is 1. The molecule has 1 fully saturated rings. The van der Waals surface area contributed by atoms with Crippen molar-refractivity contribution in [3.8, 4) is 0 Å². The van der Waals surface area contributed by atoms with E-state index in [1.807, 2.05) is 4.90 Å². The molecule has 0 amide bonds. The maximum atomic E-state index is 13.9. The van der Waals surface area contributed by atoms with Gasteiger partial charge in [-0.05, 0) is 12.1 Å². The Hall–Kier alpha value is -1.70. The summed E-state index contributed by atoms with van der Waals surface area (Å²) in [6.07, 6.45) is -4.09. The van der Waals surface area contributed by atoms with Gasteiger partial charge >= 0.3 is 6.18 Å². The molecule has 1 N–H and O–H groups in total. The smallest absolute Gasteiger partial charge is 0.366 e. The van der Waals surface area contributed by atoms with E-state index in [2.05, 4.69) is 15.3 Å². The number of guanidine groups is 1. The molecule has 30 heavy (non-hydrogen) atoms. The fraction of sp³-hybridized carbons (Fsp3) is 0.444. The Kier molecular flexibility index (Phi) is 8.64. The van der Waals surface area contributed by atoms with Gasteiger partial charge in [0.2, 0.25) is 0 Å². The molecule has 0 bridgehead atoms. The molecule has 12 heteroatoms. The molecule has 1 aliphatic rings. The highest BCUT2D eigenvalue weighted by molar-refractivity contribution is 14.0. The first-order valence-corrected chi connectivity index (χ1v) is 9.83. The largest absolute Gasteiger partial charge is 0.434 e. The number of benzene rings is 1. The molecule has 0 unspecified atom stereocenters. The third-order valence-electron chi connectivity index (χ3n) is 4.50. The summed E-state index contributed by atoms with van der Waals surface area (Å²) in [5.41, 5.74) is -0.639. The molecule has 166 valence electrons. The van der Waals surface area contributed by atoms with Crippen molar-refractivity contribution in [1.29, 1.82) is 0 Å². The molecule has 1 aliphatic heterocycles. The van der Waals surface area contributed by atoms with Crippen LogP contribution in [-0.2, 0) is 12.6 Å². The predicted octanol–water partition coefficient (Wildman–Crippen LogP) is 4.00. The first kappa shape index (κ1) is 24.6. The lowest BCUT2D eigenvalue weighted by Crippen LogP contribution is -2.53. The van der Waals surface area contributed by atoms with Crippen molar-refractivity contribution in [2.45, 2.75) is 12.6 Å². The van der Waals surface area contributed by atoms with Gasteiger partial charge in [-0.3, -0.25) is 4.99 Å². The highest BCUT2D eigenvalue weighted by Gasteiger charge is 2.33. The summed E-state index contributed by atoms with van der Waals surface area (Å²) in [4.78, 5) is 11.5. The molecule has 0 aliphatic carbocycles. The normalized spacial score (nSPS) is 15.2. The molecule has 0 radical (unpaired) electrons. The third-order valence-corrected chi connectivity index (χ3v) is 5.41. The average molecular weight is 561 g/mol. The van der Waals surface area contributed by atoms with E-state index in [0.29, 0.717) is 50.1 Å². The number of thiazole rings is 1. The standard InChI is InChI=1S/C18H20F5N5S.HI/c1-24-17(25-5-4-16-26-15(11-29-16)18(21,22)23)28-8-6-27(7-9-28)14-10-12(19)2-3-13(14)20;/h2-3,10-11H,4-9H2,1H3,(H,24,25);1H. The molecular formula is C18H21F5IN5S. The molecule has 3 rings (SSSR count). The number of piperazine rings is 1. The van der Waals surface area contributed by atoms with E-state index in [-0.39, 0.29) is 29.7 Å². The number of alkyl halides is 3. The third kappa shape index (κ3) is 6.15. The number of nitrogens with zero attached hydrogens (tertiary/aromatic N) is 4. The zero-order valence-electron chi connectivity index (χ0n) is 16.0. The molecule has 1 aromatic heterocycles. The lowest BCUT2D eigenvalue weighted by molar-refractivity contribution is -0.140. The van der Waals surface area contributed by atoms with Crippen LogP contribution in [0.2, 0.25) is 0 Å². The van der Waals surface area contributed by atoms with Gasteiger partial charge in [0.25, 0.3) is 0 Å². The first-order valence-electron chi connectivity index (χ1n) is 8.95. The molecule has 1 aromatic carbocycles. The van der Waals surface area contributed by atoms with Gasteiger partial charge in [0, 0.05) is 57.6 Å². The van der Waals surface area contributed by atoms with E-state index in [4.69, 9.17) is 0 Å². The summed E-state index contributed by atoms with van der Waals surface area (Å²) >= 11 is 0.974. The number of anilines is 1. The van der Waals surface area contributed by atoms with Crippen LogP contribution in [-0.4, -0.2) is 55.6 Å². The molecule has 0 saturated carbocycles. The van der Waals surface area contributed by atoms with Gasteiger partial charge in [0.15, 0.2) is 11.7 Å². The fourth-order valence-corrected chi connectivity index (χ4v) is 3.86. The quantitative estimate of drug-likeness (QED) is 0.266. The highest BCUT2D eigenvalue weighted by Crippen LogP contribution is 2.30. The monoisotopic (exact) mass is 561 g/mol. The highest BCUT2D eigenvalue weighted by atomic mass is 127. The van der Waals surface area contributed by atoms with Crippen LogP contribution in [0, 0.1) is 11.6 Å². The molecule has 5 nitrogen and oxygen atoms in total. The van der Waals surface area contributed by atoms with Gasteiger partial charge in [-0.25, -0.2) is 13.8 Å². The Morgan fingerprint density at radius 3 is 2.50 bits per heavy atom. The minimum atomic E-state index is -4.43. The summed E-state index contributed by atoms with van der Waals surface area (Å²) < 4.78 is 65.2. The Balaban J connectivity index is 0.00000320. The minimum absolute atomic E-state index is 0. The van der Waals surface area contributed by atoms with Crippen LogP contribution < -0.4 is 10.2 Å². The van der Waals surface area contributed by atoms with Crippen molar-refractivity contribution in [3.05, 3.63) is 45.9 Å². The lowest BCUT2D eigenvalue weighted by Gasteiger charge is -2.37. The van der Waals surface area contributed by atoms with Crippen LogP contribution in [0.3, 0.4) is 0 Å². The van der Waals surface area contributed by atoms with Gasteiger partial charge in [-0.15, -0.1) is 35.3 Å². The van der Waals surface area contributed by atoms with Crippen molar-refractivity contribution >= 4 is 47.0 Å². The molecule has 1 saturated heterocycles. The summed E-state index contributed by atoms with van der Waals surface area (Å²) in [5, 5.41) is 4.52. The van der Waals surface area contributed by atoms with Crippen LogP contribution in [0.1, 0.15) is 10.7 Å². The van der Waals surface area contributed by atoms with Crippen molar-refractivity contribution in [2.75, 3.05) is 44.7 Å². The van der Waals surface area contributed by atoms with Crippen molar-refractivity contribution in [2.24, 2.45) is 4.99 Å². The zero-order chi connectivity index (χ0) is 21.0. The van der Waals surface area contributed by atoms with E-state index in [9.17, 15) is 22.0 Å².